The van der Waals surface area contributed by atoms with Gasteiger partial charge in [-0.05, 0) is 62.1 Å². The van der Waals surface area contributed by atoms with Crippen LogP contribution in [0.15, 0.2) is 12.1 Å². The molecule has 1 aromatic rings. The Balaban J connectivity index is 2.33. The average molecular weight is 246 g/mol. The third-order valence-corrected chi connectivity index (χ3v) is 3.91. The number of methoxy groups -OCH3 is 1. The highest BCUT2D eigenvalue weighted by molar-refractivity contribution is 5.70. The maximum atomic E-state index is 11.6. The van der Waals surface area contributed by atoms with E-state index < -0.39 is 0 Å². The van der Waals surface area contributed by atoms with E-state index in [0.717, 1.165) is 0 Å². The van der Waals surface area contributed by atoms with Crippen LogP contribution < -0.4 is 0 Å². The van der Waals surface area contributed by atoms with Gasteiger partial charge in [0, 0.05) is 0 Å². The Morgan fingerprint density at radius 1 is 1.28 bits per heavy atom. The fourth-order valence-corrected chi connectivity index (χ4v) is 3.04. The Bertz CT molecular complexity index is 435. The van der Waals surface area contributed by atoms with Crippen LogP contribution in [0.4, 0.5) is 0 Å². The number of aryl methyl sites for hydroxylation is 3. The Morgan fingerprint density at radius 2 is 1.83 bits per heavy atom. The van der Waals surface area contributed by atoms with Crippen molar-refractivity contribution in [1.82, 2.24) is 0 Å². The molecule has 18 heavy (non-hydrogen) atoms. The van der Waals surface area contributed by atoms with Crippen LogP contribution in [0.3, 0.4) is 0 Å². The third-order valence-electron chi connectivity index (χ3n) is 3.91. The molecule has 0 bridgehead atoms. The van der Waals surface area contributed by atoms with E-state index in [1.807, 2.05) is 0 Å². The van der Waals surface area contributed by atoms with Gasteiger partial charge in [0.2, 0.25) is 0 Å². The van der Waals surface area contributed by atoms with Crippen molar-refractivity contribution in [1.29, 1.82) is 0 Å². The van der Waals surface area contributed by atoms with Crippen LogP contribution in [-0.2, 0) is 9.53 Å². The van der Waals surface area contributed by atoms with Crippen LogP contribution in [0.25, 0.3) is 0 Å². The smallest absolute Gasteiger partial charge is 0.306 e. The van der Waals surface area contributed by atoms with Gasteiger partial charge in [-0.1, -0.05) is 17.7 Å². The molecular formula is C16H22O2. The molecule has 2 nitrogen and oxygen atoms in total. The molecule has 0 heterocycles. The number of carbonyl (C=O) groups is 1. The summed E-state index contributed by atoms with van der Waals surface area (Å²) < 4.78 is 4.84. The summed E-state index contributed by atoms with van der Waals surface area (Å²) in [6, 6.07) is 4.43. The van der Waals surface area contributed by atoms with Crippen LogP contribution in [0.5, 0.6) is 0 Å². The summed E-state index contributed by atoms with van der Waals surface area (Å²) in [4.78, 5) is 11.6. The maximum Gasteiger partial charge on any atom is 0.306 e. The highest BCUT2D eigenvalue weighted by atomic mass is 16.5. The minimum atomic E-state index is -0.0914. The molecule has 0 aromatic heterocycles. The zero-order valence-electron chi connectivity index (χ0n) is 11.7. The van der Waals surface area contributed by atoms with Crippen molar-refractivity contribution in [3.8, 4) is 0 Å². The van der Waals surface area contributed by atoms with Gasteiger partial charge in [-0.2, -0.15) is 0 Å². The van der Waals surface area contributed by atoms with Crippen molar-refractivity contribution in [2.45, 2.75) is 46.0 Å². The normalized spacial score (nSPS) is 16.4. The minimum absolute atomic E-state index is 0.0914. The second-order valence-corrected chi connectivity index (χ2v) is 5.54. The molecule has 1 unspecified atom stereocenters. The SMILES string of the molecule is COC(=O)CC(c1c(C)cc(C)cc1C)C1CC1. The topological polar surface area (TPSA) is 26.3 Å². The summed E-state index contributed by atoms with van der Waals surface area (Å²) in [6.07, 6.45) is 3.01. The fraction of sp³-hybridized carbons (Fsp3) is 0.562. The Hall–Kier alpha value is -1.31. The lowest BCUT2D eigenvalue weighted by molar-refractivity contribution is -0.141. The molecule has 0 radical (unpaired) electrons. The highest BCUT2D eigenvalue weighted by Gasteiger charge is 2.35. The Labute approximate surface area is 109 Å². The van der Waals surface area contributed by atoms with Gasteiger partial charge in [0.05, 0.1) is 13.5 Å². The van der Waals surface area contributed by atoms with E-state index in [2.05, 4.69) is 32.9 Å². The second kappa shape index (κ2) is 5.13. The van der Waals surface area contributed by atoms with Crippen LogP contribution in [0, 0.1) is 26.7 Å². The number of ether oxygens (including phenoxy) is 1. The van der Waals surface area contributed by atoms with Gasteiger partial charge in [-0.25, -0.2) is 0 Å². The highest BCUT2D eigenvalue weighted by Crippen LogP contribution is 2.46. The van der Waals surface area contributed by atoms with E-state index in [1.165, 1.54) is 42.2 Å². The molecule has 2 rings (SSSR count). The van der Waals surface area contributed by atoms with Gasteiger partial charge in [0.25, 0.3) is 0 Å². The van der Waals surface area contributed by atoms with E-state index in [-0.39, 0.29) is 5.97 Å². The Morgan fingerprint density at radius 3 is 2.28 bits per heavy atom. The lowest BCUT2D eigenvalue weighted by atomic mass is 9.84. The summed E-state index contributed by atoms with van der Waals surface area (Å²) in [7, 11) is 1.47. The van der Waals surface area contributed by atoms with Gasteiger partial charge in [-0.3, -0.25) is 4.79 Å². The van der Waals surface area contributed by atoms with Crippen LogP contribution >= 0.6 is 0 Å². The number of esters is 1. The number of rotatable bonds is 4. The van der Waals surface area contributed by atoms with E-state index in [4.69, 9.17) is 4.74 Å². The predicted molar refractivity (Wildman–Crippen MR) is 72.8 cm³/mol. The first-order chi connectivity index (χ1) is 8.52. The van der Waals surface area contributed by atoms with E-state index in [1.54, 1.807) is 0 Å². The van der Waals surface area contributed by atoms with E-state index in [0.29, 0.717) is 18.3 Å². The first kappa shape index (κ1) is 13.1. The molecule has 1 aromatic carbocycles. The zero-order chi connectivity index (χ0) is 13.3. The van der Waals surface area contributed by atoms with Crippen molar-refractivity contribution in [3.05, 3.63) is 34.4 Å². The van der Waals surface area contributed by atoms with Gasteiger partial charge in [-0.15, -0.1) is 0 Å². The number of benzene rings is 1. The van der Waals surface area contributed by atoms with E-state index >= 15 is 0 Å². The molecule has 1 saturated carbocycles. The van der Waals surface area contributed by atoms with Crippen molar-refractivity contribution >= 4 is 5.97 Å². The molecule has 0 N–H and O–H groups in total. The fourth-order valence-electron chi connectivity index (χ4n) is 3.04. The molecule has 0 amide bonds. The largest absolute Gasteiger partial charge is 0.469 e. The van der Waals surface area contributed by atoms with Gasteiger partial charge >= 0.3 is 5.97 Å². The molecule has 1 aliphatic rings. The number of hydrogen-bond acceptors (Lipinski definition) is 2. The summed E-state index contributed by atoms with van der Waals surface area (Å²) in [5.41, 5.74) is 5.29. The van der Waals surface area contributed by atoms with Crippen LogP contribution in [0.2, 0.25) is 0 Å². The second-order valence-electron chi connectivity index (χ2n) is 5.54. The summed E-state index contributed by atoms with van der Waals surface area (Å²) >= 11 is 0. The average Bonchev–Trinajstić information content (AvgIpc) is 3.09. The molecule has 2 heteroatoms. The third kappa shape index (κ3) is 2.74. The lowest BCUT2D eigenvalue weighted by Crippen LogP contribution is -2.13. The molecule has 98 valence electrons. The molecule has 1 fully saturated rings. The van der Waals surface area contributed by atoms with Crippen molar-refractivity contribution < 1.29 is 9.53 Å². The molecule has 1 aliphatic carbocycles. The van der Waals surface area contributed by atoms with Gasteiger partial charge in [0.1, 0.15) is 0 Å². The zero-order valence-corrected chi connectivity index (χ0v) is 11.7. The lowest BCUT2D eigenvalue weighted by Gasteiger charge is -2.21. The van der Waals surface area contributed by atoms with Crippen LogP contribution in [0.1, 0.15) is 47.4 Å². The standard InChI is InChI=1S/C16H22O2/c1-10-7-11(2)16(12(3)8-10)14(13-5-6-13)9-15(17)18-4/h7-8,13-14H,5-6,9H2,1-4H3. The summed E-state index contributed by atoms with van der Waals surface area (Å²) in [6.45, 7) is 6.43. The van der Waals surface area contributed by atoms with Crippen molar-refractivity contribution in [2.24, 2.45) is 5.92 Å². The molecule has 0 saturated heterocycles. The first-order valence-corrected chi connectivity index (χ1v) is 6.67. The van der Waals surface area contributed by atoms with Gasteiger partial charge < -0.3 is 4.74 Å². The van der Waals surface area contributed by atoms with Crippen molar-refractivity contribution in [2.75, 3.05) is 7.11 Å². The maximum absolute atomic E-state index is 11.6. The molecule has 0 spiro atoms. The Kier molecular flexibility index (Phi) is 3.74. The quantitative estimate of drug-likeness (QED) is 0.758. The monoisotopic (exact) mass is 246 g/mol. The van der Waals surface area contributed by atoms with E-state index in [9.17, 15) is 4.79 Å². The number of hydrogen-bond donors (Lipinski definition) is 0. The van der Waals surface area contributed by atoms with Crippen LogP contribution in [-0.4, -0.2) is 13.1 Å². The minimum Gasteiger partial charge on any atom is -0.469 e. The first-order valence-electron chi connectivity index (χ1n) is 6.67. The molecule has 1 atom stereocenters. The number of carbonyl (C=O) groups excluding carboxylic acids is 1. The predicted octanol–water partition coefficient (Wildman–Crippen LogP) is 3.67. The molecule has 0 aliphatic heterocycles. The van der Waals surface area contributed by atoms with Gasteiger partial charge in [0.15, 0.2) is 0 Å². The van der Waals surface area contributed by atoms with Crippen molar-refractivity contribution in [3.63, 3.8) is 0 Å². The molecular weight excluding hydrogens is 224 g/mol. The summed E-state index contributed by atoms with van der Waals surface area (Å²) in [5.74, 6) is 0.925. The summed E-state index contributed by atoms with van der Waals surface area (Å²) in [5, 5.41) is 0.